The van der Waals surface area contributed by atoms with E-state index in [2.05, 4.69) is 0 Å². The van der Waals surface area contributed by atoms with Crippen molar-refractivity contribution >= 4 is 12.0 Å². The second-order valence-electron chi connectivity index (χ2n) is 7.71. The van der Waals surface area contributed by atoms with Crippen molar-refractivity contribution in [1.82, 2.24) is 9.80 Å². The Morgan fingerprint density at radius 3 is 2.69 bits per heavy atom. The first-order chi connectivity index (χ1) is 12.2. The van der Waals surface area contributed by atoms with Gasteiger partial charge in [0.2, 0.25) is 6.79 Å². The summed E-state index contributed by atoms with van der Waals surface area (Å²) in [4.78, 5) is 28.5. The number of likely N-dealkylation sites (N-methyl/N-ethyl adjacent to an activating group) is 1. The third-order valence-corrected chi connectivity index (χ3v) is 4.54. The van der Waals surface area contributed by atoms with Crippen LogP contribution >= 0.6 is 0 Å². The number of piperidine rings is 1. The molecule has 0 aromatic heterocycles. The molecule has 2 heterocycles. The van der Waals surface area contributed by atoms with Gasteiger partial charge >= 0.3 is 6.09 Å². The highest BCUT2D eigenvalue weighted by molar-refractivity contribution is 5.95. The highest BCUT2D eigenvalue weighted by Gasteiger charge is 2.31. The Hall–Kier alpha value is -2.44. The minimum Gasteiger partial charge on any atom is -0.454 e. The zero-order valence-corrected chi connectivity index (χ0v) is 15.8. The molecule has 2 aliphatic rings. The highest BCUT2D eigenvalue weighted by atomic mass is 16.7. The van der Waals surface area contributed by atoms with Gasteiger partial charge in [-0.1, -0.05) is 0 Å². The molecule has 1 atom stereocenters. The summed E-state index contributed by atoms with van der Waals surface area (Å²) >= 11 is 0. The molecule has 7 heteroatoms. The summed E-state index contributed by atoms with van der Waals surface area (Å²) in [7, 11) is 1.77. The van der Waals surface area contributed by atoms with E-state index in [0.29, 0.717) is 30.2 Å². The molecule has 26 heavy (non-hydrogen) atoms. The minimum atomic E-state index is -0.530. The van der Waals surface area contributed by atoms with E-state index in [4.69, 9.17) is 14.2 Å². The van der Waals surface area contributed by atoms with Crippen molar-refractivity contribution in [2.24, 2.45) is 0 Å². The first-order valence-corrected chi connectivity index (χ1v) is 8.89. The molecule has 0 aliphatic carbocycles. The van der Waals surface area contributed by atoms with Crippen molar-refractivity contribution in [3.05, 3.63) is 23.8 Å². The Labute approximate surface area is 153 Å². The molecule has 1 saturated heterocycles. The molecule has 1 unspecified atom stereocenters. The average Bonchev–Trinajstić information content (AvgIpc) is 3.06. The Morgan fingerprint density at radius 1 is 1.23 bits per heavy atom. The predicted octanol–water partition coefficient (Wildman–Crippen LogP) is 2.89. The fourth-order valence-electron chi connectivity index (χ4n) is 3.16. The molecule has 0 spiro atoms. The number of likely N-dealkylation sites (tertiary alicyclic amines) is 1. The van der Waals surface area contributed by atoms with Gasteiger partial charge < -0.3 is 24.0 Å². The number of amides is 2. The highest BCUT2D eigenvalue weighted by Crippen LogP contribution is 2.33. The van der Waals surface area contributed by atoms with Gasteiger partial charge in [-0.15, -0.1) is 0 Å². The topological polar surface area (TPSA) is 68.3 Å². The molecule has 7 nitrogen and oxygen atoms in total. The van der Waals surface area contributed by atoms with Crippen molar-refractivity contribution in [2.75, 3.05) is 26.9 Å². The molecule has 0 bridgehead atoms. The lowest BCUT2D eigenvalue weighted by Gasteiger charge is -2.38. The van der Waals surface area contributed by atoms with Crippen LogP contribution in [0.1, 0.15) is 44.0 Å². The number of nitrogens with zero attached hydrogens (tertiary/aromatic N) is 2. The van der Waals surface area contributed by atoms with Crippen LogP contribution in [0.3, 0.4) is 0 Å². The number of ether oxygens (including phenoxy) is 3. The molecule has 3 rings (SSSR count). The maximum atomic E-state index is 12.8. The van der Waals surface area contributed by atoms with Crippen LogP contribution in [0.2, 0.25) is 0 Å². The lowest BCUT2D eigenvalue weighted by Crippen LogP contribution is -2.51. The second kappa shape index (κ2) is 7.05. The van der Waals surface area contributed by atoms with E-state index in [1.807, 2.05) is 20.8 Å². The minimum absolute atomic E-state index is 0.0470. The van der Waals surface area contributed by atoms with Gasteiger partial charge in [-0.2, -0.15) is 0 Å². The SMILES string of the molecule is CN(C(=O)c1ccc2c(c1)OCO2)C1CCCN(C(=O)OC(C)(C)C)C1. The van der Waals surface area contributed by atoms with E-state index in [1.165, 1.54) is 0 Å². The van der Waals surface area contributed by atoms with Crippen LogP contribution in [0, 0.1) is 0 Å². The lowest BCUT2D eigenvalue weighted by atomic mass is 10.0. The van der Waals surface area contributed by atoms with Crippen LogP contribution in [-0.4, -0.2) is 60.4 Å². The van der Waals surface area contributed by atoms with E-state index >= 15 is 0 Å². The molecule has 1 aromatic carbocycles. The summed E-state index contributed by atoms with van der Waals surface area (Å²) in [6.07, 6.45) is 1.36. The van der Waals surface area contributed by atoms with E-state index in [9.17, 15) is 9.59 Å². The Bertz CT molecular complexity index is 698. The summed E-state index contributed by atoms with van der Waals surface area (Å²) in [5.74, 6) is 1.14. The van der Waals surface area contributed by atoms with Crippen molar-refractivity contribution < 1.29 is 23.8 Å². The van der Waals surface area contributed by atoms with Crippen LogP contribution in [0.5, 0.6) is 11.5 Å². The number of rotatable bonds is 2. The summed E-state index contributed by atoms with van der Waals surface area (Å²) < 4.78 is 16.1. The third-order valence-electron chi connectivity index (χ3n) is 4.54. The van der Waals surface area contributed by atoms with Crippen LogP contribution in [0.4, 0.5) is 4.79 Å². The molecular formula is C19H26N2O5. The number of hydrogen-bond donors (Lipinski definition) is 0. The molecule has 0 saturated carbocycles. The largest absolute Gasteiger partial charge is 0.454 e. The molecule has 2 aliphatic heterocycles. The van der Waals surface area contributed by atoms with Crippen LogP contribution in [0.25, 0.3) is 0 Å². The quantitative estimate of drug-likeness (QED) is 0.809. The normalized spacial score (nSPS) is 19.2. The van der Waals surface area contributed by atoms with E-state index in [1.54, 1.807) is 35.0 Å². The van der Waals surface area contributed by atoms with Gasteiger partial charge in [-0.3, -0.25) is 4.79 Å². The van der Waals surface area contributed by atoms with E-state index in [-0.39, 0.29) is 24.8 Å². The summed E-state index contributed by atoms with van der Waals surface area (Å²) in [6, 6.07) is 5.14. The molecule has 1 aromatic rings. The number of hydrogen-bond acceptors (Lipinski definition) is 5. The van der Waals surface area contributed by atoms with Gasteiger partial charge in [0.25, 0.3) is 5.91 Å². The van der Waals surface area contributed by atoms with Gasteiger partial charge in [-0.25, -0.2) is 4.79 Å². The Morgan fingerprint density at radius 2 is 1.96 bits per heavy atom. The number of fused-ring (bicyclic) bond motifs is 1. The molecule has 0 radical (unpaired) electrons. The predicted molar refractivity (Wildman–Crippen MR) is 95.5 cm³/mol. The van der Waals surface area contributed by atoms with Crippen molar-refractivity contribution in [3.63, 3.8) is 0 Å². The van der Waals surface area contributed by atoms with Crippen molar-refractivity contribution in [1.29, 1.82) is 0 Å². The maximum absolute atomic E-state index is 12.8. The third kappa shape index (κ3) is 4.03. The average molecular weight is 362 g/mol. The van der Waals surface area contributed by atoms with Crippen LogP contribution in [0.15, 0.2) is 18.2 Å². The van der Waals surface area contributed by atoms with Crippen molar-refractivity contribution in [3.8, 4) is 11.5 Å². The van der Waals surface area contributed by atoms with Gasteiger partial charge in [0, 0.05) is 31.7 Å². The second-order valence-corrected chi connectivity index (χ2v) is 7.71. The fourth-order valence-corrected chi connectivity index (χ4v) is 3.16. The van der Waals surface area contributed by atoms with Gasteiger partial charge in [-0.05, 0) is 51.8 Å². The molecule has 142 valence electrons. The number of carbonyl (C=O) groups excluding carboxylic acids is 2. The van der Waals surface area contributed by atoms with E-state index < -0.39 is 5.60 Å². The monoisotopic (exact) mass is 362 g/mol. The number of benzene rings is 1. The smallest absolute Gasteiger partial charge is 0.410 e. The van der Waals surface area contributed by atoms with Gasteiger partial charge in [0.1, 0.15) is 5.60 Å². The zero-order chi connectivity index (χ0) is 18.9. The van der Waals surface area contributed by atoms with Crippen molar-refractivity contribution in [2.45, 2.75) is 45.3 Å². The van der Waals surface area contributed by atoms with Gasteiger partial charge in [0.15, 0.2) is 11.5 Å². The fraction of sp³-hybridized carbons (Fsp3) is 0.579. The lowest BCUT2D eigenvalue weighted by molar-refractivity contribution is 0.0123. The first-order valence-electron chi connectivity index (χ1n) is 8.89. The first kappa shape index (κ1) is 18.4. The Balaban J connectivity index is 1.66. The zero-order valence-electron chi connectivity index (χ0n) is 15.8. The molecule has 2 amide bonds. The Kier molecular flexibility index (Phi) is 4.98. The standard InChI is InChI=1S/C19H26N2O5/c1-19(2,3)26-18(23)21-9-5-6-14(11-21)20(4)17(22)13-7-8-15-16(10-13)25-12-24-15/h7-8,10,14H,5-6,9,11-12H2,1-4H3. The summed E-state index contributed by atoms with van der Waals surface area (Å²) in [6.45, 7) is 6.85. The van der Waals surface area contributed by atoms with Crippen LogP contribution in [-0.2, 0) is 4.74 Å². The molecule has 0 N–H and O–H groups in total. The maximum Gasteiger partial charge on any atom is 0.410 e. The summed E-state index contributed by atoms with van der Waals surface area (Å²) in [5.41, 5.74) is 0.0178. The van der Waals surface area contributed by atoms with Gasteiger partial charge in [0.05, 0.1) is 0 Å². The van der Waals surface area contributed by atoms with E-state index in [0.717, 1.165) is 12.8 Å². The number of carbonyl (C=O) groups is 2. The summed E-state index contributed by atoms with van der Waals surface area (Å²) in [5, 5.41) is 0. The van der Waals surface area contributed by atoms with Crippen LogP contribution < -0.4 is 9.47 Å². The molecular weight excluding hydrogens is 336 g/mol. The molecule has 1 fully saturated rings.